The summed E-state index contributed by atoms with van der Waals surface area (Å²) in [6, 6.07) is 11.5. The van der Waals surface area contributed by atoms with E-state index in [1.165, 1.54) is 30.0 Å². The highest BCUT2D eigenvalue weighted by Crippen LogP contribution is 2.30. The number of pyridine rings is 1. The van der Waals surface area contributed by atoms with E-state index in [-0.39, 0.29) is 22.8 Å². The molecule has 1 aromatic carbocycles. The number of nitrogens with one attached hydrogen (secondary N) is 1. The number of benzene rings is 1. The highest BCUT2D eigenvalue weighted by Gasteiger charge is 2.23. The molecule has 2 aromatic heterocycles. The van der Waals surface area contributed by atoms with Gasteiger partial charge in [0.05, 0.1) is 22.9 Å². The van der Waals surface area contributed by atoms with E-state index >= 15 is 0 Å². The zero-order valence-corrected chi connectivity index (χ0v) is 17.3. The number of hydrogen-bond acceptors (Lipinski definition) is 7. The van der Waals surface area contributed by atoms with Crippen LogP contribution in [0.15, 0.2) is 58.5 Å². The smallest absolute Gasteiger partial charge is 0.320 e. The minimum absolute atomic E-state index is 0.00478. The normalized spacial score (nSPS) is 12.4. The Labute approximate surface area is 181 Å². The number of carbonyl (C=O) groups is 1. The first-order chi connectivity index (χ1) is 15.0. The van der Waals surface area contributed by atoms with Gasteiger partial charge in [-0.1, -0.05) is 30.0 Å². The second kappa shape index (κ2) is 9.09. The van der Waals surface area contributed by atoms with Crippen LogP contribution in [0.5, 0.6) is 0 Å². The molecule has 158 valence electrons. The van der Waals surface area contributed by atoms with Crippen molar-refractivity contribution < 1.29 is 9.72 Å². The van der Waals surface area contributed by atoms with Crippen molar-refractivity contribution in [1.29, 1.82) is 0 Å². The van der Waals surface area contributed by atoms with Crippen LogP contribution in [0.1, 0.15) is 23.4 Å². The van der Waals surface area contributed by atoms with E-state index in [2.05, 4.69) is 15.3 Å². The van der Waals surface area contributed by atoms with Gasteiger partial charge in [-0.25, -0.2) is 4.79 Å². The number of hydrogen-bond donors (Lipinski definition) is 1. The van der Waals surface area contributed by atoms with Gasteiger partial charge in [0.2, 0.25) is 5.91 Å². The summed E-state index contributed by atoms with van der Waals surface area (Å²) < 4.78 is 1.65. The van der Waals surface area contributed by atoms with Crippen molar-refractivity contribution in [3.8, 4) is 0 Å². The van der Waals surface area contributed by atoms with Gasteiger partial charge in [0.25, 0.3) is 5.69 Å². The molecule has 3 aromatic rings. The van der Waals surface area contributed by atoms with E-state index in [0.717, 1.165) is 36.2 Å². The van der Waals surface area contributed by atoms with Crippen molar-refractivity contribution in [2.75, 3.05) is 11.1 Å². The molecule has 0 fully saturated rings. The molecule has 0 saturated heterocycles. The quantitative estimate of drug-likeness (QED) is 0.261. The minimum Gasteiger partial charge on any atom is -0.320 e. The summed E-state index contributed by atoms with van der Waals surface area (Å²) >= 11 is 1.17. The molecule has 0 unspecified atom stereocenters. The van der Waals surface area contributed by atoms with E-state index in [1.807, 2.05) is 18.2 Å². The average molecular weight is 437 g/mol. The Kier molecular flexibility index (Phi) is 6.08. The number of thioether (sulfide) groups is 1. The molecule has 0 aliphatic heterocycles. The van der Waals surface area contributed by atoms with Crippen molar-refractivity contribution in [2.45, 2.75) is 30.8 Å². The van der Waals surface area contributed by atoms with Crippen LogP contribution in [0.2, 0.25) is 0 Å². The maximum atomic E-state index is 12.7. The number of aromatic nitrogens is 3. The maximum absolute atomic E-state index is 12.7. The zero-order chi connectivity index (χ0) is 21.8. The standard InChI is InChI=1S/C21H19N5O4S/c27-19(23-16-8-1-2-9-18(16)26(29)30)13-31-20-15-7-5-10-17(15)25(21(28)24-20)12-14-6-3-4-11-22-14/h1-4,6,8-9,11H,5,7,10,12-13H2,(H,23,27). The Balaban J connectivity index is 1.50. The number of para-hydroxylation sites is 2. The van der Waals surface area contributed by atoms with Crippen LogP contribution in [0.25, 0.3) is 0 Å². The summed E-state index contributed by atoms with van der Waals surface area (Å²) in [7, 11) is 0. The van der Waals surface area contributed by atoms with Crippen LogP contribution >= 0.6 is 11.8 Å². The molecule has 0 radical (unpaired) electrons. The minimum atomic E-state index is -0.543. The van der Waals surface area contributed by atoms with Gasteiger partial charge in [0.1, 0.15) is 10.7 Å². The topological polar surface area (TPSA) is 120 Å². The van der Waals surface area contributed by atoms with E-state index in [0.29, 0.717) is 11.6 Å². The van der Waals surface area contributed by atoms with Crippen LogP contribution in [-0.4, -0.2) is 31.1 Å². The Hall–Kier alpha value is -3.53. The van der Waals surface area contributed by atoms with Gasteiger partial charge < -0.3 is 5.32 Å². The average Bonchev–Trinajstić information content (AvgIpc) is 3.25. The van der Waals surface area contributed by atoms with Crippen LogP contribution < -0.4 is 11.0 Å². The monoisotopic (exact) mass is 437 g/mol. The lowest BCUT2D eigenvalue weighted by Crippen LogP contribution is -2.28. The highest BCUT2D eigenvalue weighted by molar-refractivity contribution is 8.00. The first-order valence-electron chi connectivity index (χ1n) is 9.71. The maximum Gasteiger partial charge on any atom is 0.349 e. The summed E-state index contributed by atoms with van der Waals surface area (Å²) in [5.41, 5.74) is 2.31. The van der Waals surface area contributed by atoms with Gasteiger partial charge >= 0.3 is 5.69 Å². The number of nitrogens with zero attached hydrogens (tertiary/aromatic N) is 4. The molecular weight excluding hydrogens is 418 g/mol. The molecule has 0 bridgehead atoms. The summed E-state index contributed by atoms with van der Waals surface area (Å²) in [4.78, 5) is 44.1. The molecule has 10 heteroatoms. The Morgan fingerprint density at radius 2 is 2.00 bits per heavy atom. The molecule has 0 atom stereocenters. The third-order valence-electron chi connectivity index (χ3n) is 4.96. The fourth-order valence-corrected chi connectivity index (χ4v) is 4.46. The van der Waals surface area contributed by atoms with Crippen LogP contribution in [-0.2, 0) is 24.2 Å². The van der Waals surface area contributed by atoms with E-state index in [9.17, 15) is 19.7 Å². The summed E-state index contributed by atoms with van der Waals surface area (Å²) in [6.45, 7) is 0.359. The van der Waals surface area contributed by atoms with Gasteiger partial charge in [0.15, 0.2) is 0 Å². The van der Waals surface area contributed by atoms with Gasteiger partial charge in [-0.05, 0) is 37.5 Å². The molecule has 2 heterocycles. The van der Waals surface area contributed by atoms with Crippen molar-refractivity contribution in [1.82, 2.24) is 14.5 Å². The molecule has 0 saturated carbocycles. The molecule has 31 heavy (non-hydrogen) atoms. The van der Waals surface area contributed by atoms with Crippen molar-refractivity contribution >= 4 is 29.0 Å². The summed E-state index contributed by atoms with van der Waals surface area (Å²) in [5, 5.41) is 14.2. The zero-order valence-electron chi connectivity index (χ0n) is 16.5. The van der Waals surface area contributed by atoms with Crippen molar-refractivity contribution in [3.05, 3.63) is 86.2 Å². The van der Waals surface area contributed by atoms with Crippen LogP contribution in [0.4, 0.5) is 11.4 Å². The predicted octanol–water partition coefficient (Wildman–Crippen LogP) is 2.81. The molecule has 4 rings (SSSR count). The van der Waals surface area contributed by atoms with E-state index in [1.54, 1.807) is 16.8 Å². The Bertz CT molecular complexity index is 1200. The summed E-state index contributed by atoms with van der Waals surface area (Å²) in [5.74, 6) is -0.402. The lowest BCUT2D eigenvalue weighted by molar-refractivity contribution is -0.383. The van der Waals surface area contributed by atoms with E-state index < -0.39 is 10.8 Å². The molecule has 1 N–H and O–H groups in total. The predicted molar refractivity (Wildman–Crippen MR) is 116 cm³/mol. The largest absolute Gasteiger partial charge is 0.349 e. The summed E-state index contributed by atoms with van der Waals surface area (Å²) in [6.07, 6.45) is 4.17. The van der Waals surface area contributed by atoms with Gasteiger partial charge in [-0.2, -0.15) is 4.98 Å². The first-order valence-corrected chi connectivity index (χ1v) is 10.7. The number of nitro groups is 1. The third-order valence-corrected chi connectivity index (χ3v) is 5.98. The van der Waals surface area contributed by atoms with Gasteiger partial charge in [-0.3, -0.25) is 24.5 Å². The van der Waals surface area contributed by atoms with Crippen molar-refractivity contribution in [3.63, 3.8) is 0 Å². The van der Waals surface area contributed by atoms with Gasteiger partial charge in [-0.15, -0.1) is 0 Å². The molecule has 0 spiro atoms. The second-order valence-electron chi connectivity index (χ2n) is 7.00. The Morgan fingerprint density at radius 1 is 1.19 bits per heavy atom. The lowest BCUT2D eigenvalue weighted by atomic mass is 10.2. The SMILES string of the molecule is O=C(CSc1nc(=O)n(Cc2ccccn2)c2c1CCC2)Nc1ccccc1[N+](=O)[O-]. The number of nitro benzene ring substituents is 1. The van der Waals surface area contributed by atoms with Crippen molar-refractivity contribution in [2.24, 2.45) is 0 Å². The molecule has 1 aliphatic rings. The second-order valence-corrected chi connectivity index (χ2v) is 7.96. The Morgan fingerprint density at radius 3 is 2.77 bits per heavy atom. The number of carbonyl (C=O) groups excluding carboxylic acids is 1. The molecular formula is C21H19N5O4S. The fourth-order valence-electron chi connectivity index (χ4n) is 3.58. The lowest BCUT2D eigenvalue weighted by Gasteiger charge is -2.14. The van der Waals surface area contributed by atoms with Crippen LogP contribution in [0, 0.1) is 10.1 Å². The third kappa shape index (κ3) is 4.64. The fraction of sp³-hybridized carbons (Fsp3) is 0.238. The molecule has 9 nitrogen and oxygen atoms in total. The molecule has 1 amide bonds. The number of amides is 1. The molecule has 1 aliphatic carbocycles. The van der Waals surface area contributed by atoms with Gasteiger partial charge in [0, 0.05) is 23.5 Å². The highest BCUT2D eigenvalue weighted by atomic mass is 32.2. The first kappa shape index (κ1) is 20.7. The number of anilines is 1. The number of rotatable bonds is 7. The van der Waals surface area contributed by atoms with Crippen LogP contribution in [0.3, 0.4) is 0 Å². The van der Waals surface area contributed by atoms with E-state index in [4.69, 9.17) is 0 Å². The number of fused-ring (bicyclic) bond motifs is 1.